The molecule has 0 aromatic carbocycles. The molecule has 0 aromatic rings. The van der Waals surface area contributed by atoms with Crippen molar-refractivity contribution in [2.45, 2.75) is 92.1 Å². The molecule has 1 heterocycles. The molecule has 0 radical (unpaired) electrons. The summed E-state index contributed by atoms with van der Waals surface area (Å²) in [6.45, 7) is 14.6. The van der Waals surface area contributed by atoms with Crippen LogP contribution < -0.4 is 0 Å². The zero-order chi connectivity index (χ0) is 22.1. The predicted octanol–water partition coefficient (Wildman–Crippen LogP) is 4.75. The van der Waals surface area contributed by atoms with Crippen molar-refractivity contribution in [2.75, 3.05) is 6.61 Å². The smallest absolute Gasteiger partial charge is 0.303 e. The fourth-order valence-electron chi connectivity index (χ4n) is 6.49. The van der Waals surface area contributed by atoms with Gasteiger partial charge in [0, 0.05) is 23.8 Å². The number of allylic oxidation sites excluding steroid dienone is 2. The number of fused-ring (bicyclic) bond motifs is 3. The molecule has 0 spiro atoms. The molecule has 5 nitrogen and oxygen atoms in total. The molecule has 3 aliphatic carbocycles. The van der Waals surface area contributed by atoms with Crippen molar-refractivity contribution in [2.24, 2.45) is 22.7 Å². The summed E-state index contributed by atoms with van der Waals surface area (Å²) >= 11 is 0. The lowest BCUT2D eigenvalue weighted by Crippen LogP contribution is -2.45. The second-order valence-electron chi connectivity index (χ2n) is 11.0. The largest absolute Gasteiger partial charge is 0.454 e. The van der Waals surface area contributed by atoms with Crippen LogP contribution in [0.15, 0.2) is 22.8 Å². The van der Waals surface area contributed by atoms with Crippen LogP contribution in [0.1, 0.15) is 74.1 Å². The Kier molecular flexibility index (Phi) is 5.10. The average Bonchev–Trinajstić information content (AvgIpc) is 2.75. The molecule has 4 rings (SSSR count). The van der Waals surface area contributed by atoms with E-state index < -0.39 is 11.9 Å². The molecule has 2 fully saturated rings. The fraction of sp³-hybridized carbons (Fsp3) is 0.760. The van der Waals surface area contributed by atoms with Crippen LogP contribution in [-0.2, 0) is 23.8 Å². The first kappa shape index (κ1) is 21.8. The molecule has 5 heteroatoms. The van der Waals surface area contributed by atoms with Gasteiger partial charge in [-0.3, -0.25) is 9.59 Å². The average molecular weight is 417 g/mol. The highest BCUT2D eigenvalue weighted by atomic mass is 16.7. The van der Waals surface area contributed by atoms with Crippen LogP contribution in [0.25, 0.3) is 0 Å². The molecular formula is C25H36O5. The zero-order valence-corrected chi connectivity index (χ0v) is 19.5. The molecule has 1 saturated carbocycles. The quantitative estimate of drug-likeness (QED) is 0.608. The van der Waals surface area contributed by atoms with Crippen molar-refractivity contribution >= 4 is 11.8 Å². The summed E-state index contributed by atoms with van der Waals surface area (Å²) in [5, 5.41) is 0. The highest BCUT2D eigenvalue weighted by molar-refractivity contribution is 6.04. The van der Waals surface area contributed by atoms with Gasteiger partial charge in [-0.25, -0.2) is 0 Å². The molecule has 166 valence electrons. The number of rotatable bonds is 2. The maximum Gasteiger partial charge on any atom is 0.303 e. The molecule has 4 aliphatic rings. The second kappa shape index (κ2) is 7.03. The number of ketones is 1. The van der Waals surface area contributed by atoms with E-state index >= 15 is 0 Å². The maximum atomic E-state index is 13.6. The highest BCUT2D eigenvalue weighted by Crippen LogP contribution is 2.59. The second-order valence-corrected chi connectivity index (χ2v) is 11.0. The van der Waals surface area contributed by atoms with Gasteiger partial charge in [0.15, 0.2) is 17.7 Å². The lowest BCUT2D eigenvalue weighted by Gasteiger charge is -2.46. The third kappa shape index (κ3) is 3.29. The standard InChI is InChI=1S/C25H36O5/c1-14(2)20-22(29-15(3)26)21(27)18-12-17-16-13-28-23(4,5)30-19(16)8-9-24(17,6)10-11-25(18,20)7/h12,14,19-20,22H,8-11,13H2,1-7H3/t19-,20+,22-,24+,25+/m1/s1. The van der Waals surface area contributed by atoms with Crippen molar-refractivity contribution < 1.29 is 23.8 Å². The fourth-order valence-corrected chi connectivity index (χ4v) is 6.49. The van der Waals surface area contributed by atoms with Gasteiger partial charge in [-0.1, -0.05) is 33.8 Å². The number of Topliss-reactive ketones (excluding diaryl/α,β-unsaturated/α-hetero) is 1. The Morgan fingerprint density at radius 3 is 2.50 bits per heavy atom. The van der Waals surface area contributed by atoms with Gasteiger partial charge in [-0.15, -0.1) is 0 Å². The summed E-state index contributed by atoms with van der Waals surface area (Å²) in [5.41, 5.74) is 2.94. The highest BCUT2D eigenvalue weighted by Gasteiger charge is 2.59. The Balaban J connectivity index is 1.84. The van der Waals surface area contributed by atoms with E-state index in [1.165, 1.54) is 18.1 Å². The SMILES string of the molecule is CC(=O)O[C@H]1C(=O)C2=CC3=C4COC(C)(C)O[C@@H]4CC[C@@]3(C)CC[C@]2(C)[C@H]1C(C)C. The van der Waals surface area contributed by atoms with Gasteiger partial charge < -0.3 is 14.2 Å². The van der Waals surface area contributed by atoms with Gasteiger partial charge in [-0.05, 0) is 62.0 Å². The van der Waals surface area contributed by atoms with Crippen LogP contribution in [0.5, 0.6) is 0 Å². The lowest BCUT2D eigenvalue weighted by molar-refractivity contribution is -0.255. The molecule has 1 saturated heterocycles. The lowest BCUT2D eigenvalue weighted by atomic mass is 9.65. The van der Waals surface area contributed by atoms with Gasteiger partial charge in [0.2, 0.25) is 0 Å². The normalized spacial score (nSPS) is 40.3. The minimum absolute atomic E-state index is 0.0110. The van der Waals surface area contributed by atoms with E-state index in [1.54, 1.807) is 0 Å². The number of carbonyl (C=O) groups is 2. The van der Waals surface area contributed by atoms with Gasteiger partial charge in [0.05, 0.1) is 12.7 Å². The maximum absolute atomic E-state index is 13.6. The Labute approximate surface area is 180 Å². The Morgan fingerprint density at radius 1 is 1.17 bits per heavy atom. The number of esters is 1. The molecular weight excluding hydrogens is 380 g/mol. The number of carbonyl (C=O) groups excluding carboxylic acids is 2. The number of hydrogen-bond acceptors (Lipinski definition) is 5. The van der Waals surface area contributed by atoms with Crippen molar-refractivity contribution in [1.82, 2.24) is 0 Å². The monoisotopic (exact) mass is 416 g/mol. The van der Waals surface area contributed by atoms with Gasteiger partial charge >= 0.3 is 5.97 Å². The van der Waals surface area contributed by atoms with E-state index in [-0.39, 0.29) is 40.5 Å². The van der Waals surface area contributed by atoms with Crippen LogP contribution in [0, 0.1) is 22.7 Å². The first-order valence-corrected chi connectivity index (χ1v) is 11.4. The first-order chi connectivity index (χ1) is 13.9. The minimum atomic E-state index is -0.689. The van der Waals surface area contributed by atoms with E-state index in [2.05, 4.69) is 33.8 Å². The van der Waals surface area contributed by atoms with E-state index in [9.17, 15) is 9.59 Å². The predicted molar refractivity (Wildman–Crippen MR) is 114 cm³/mol. The molecule has 0 bridgehead atoms. The summed E-state index contributed by atoms with van der Waals surface area (Å²) < 4.78 is 17.8. The molecule has 0 unspecified atom stereocenters. The van der Waals surface area contributed by atoms with Crippen molar-refractivity contribution in [3.05, 3.63) is 22.8 Å². The molecule has 30 heavy (non-hydrogen) atoms. The topological polar surface area (TPSA) is 61.8 Å². The van der Waals surface area contributed by atoms with Crippen LogP contribution >= 0.6 is 0 Å². The van der Waals surface area contributed by atoms with E-state index in [1.807, 2.05) is 13.8 Å². The van der Waals surface area contributed by atoms with E-state index in [0.29, 0.717) is 6.61 Å². The third-order valence-corrected chi connectivity index (χ3v) is 8.04. The van der Waals surface area contributed by atoms with Gasteiger partial charge in [0.1, 0.15) is 0 Å². The summed E-state index contributed by atoms with van der Waals surface area (Å²) in [6, 6.07) is 0. The summed E-state index contributed by atoms with van der Waals surface area (Å²) in [5.74, 6) is -0.775. The molecule has 0 amide bonds. The van der Waals surface area contributed by atoms with Crippen molar-refractivity contribution in [3.8, 4) is 0 Å². The Hall–Kier alpha value is -1.46. The summed E-state index contributed by atoms with van der Waals surface area (Å²) in [7, 11) is 0. The van der Waals surface area contributed by atoms with Crippen molar-refractivity contribution in [1.29, 1.82) is 0 Å². The summed E-state index contributed by atoms with van der Waals surface area (Å²) in [6.07, 6.45) is 5.43. The van der Waals surface area contributed by atoms with Crippen LogP contribution in [0.3, 0.4) is 0 Å². The minimum Gasteiger partial charge on any atom is -0.454 e. The zero-order valence-electron chi connectivity index (χ0n) is 19.5. The third-order valence-electron chi connectivity index (χ3n) is 8.04. The first-order valence-electron chi connectivity index (χ1n) is 11.4. The van der Waals surface area contributed by atoms with Crippen LogP contribution in [-0.4, -0.2) is 36.4 Å². The molecule has 1 aliphatic heterocycles. The van der Waals surface area contributed by atoms with E-state index in [4.69, 9.17) is 14.2 Å². The Morgan fingerprint density at radius 2 is 1.87 bits per heavy atom. The molecule has 0 aromatic heterocycles. The van der Waals surface area contributed by atoms with E-state index in [0.717, 1.165) is 31.3 Å². The number of ether oxygens (including phenoxy) is 3. The Bertz CT molecular complexity index is 834. The molecule has 0 N–H and O–H groups in total. The van der Waals surface area contributed by atoms with Gasteiger partial charge in [0.25, 0.3) is 0 Å². The van der Waals surface area contributed by atoms with Gasteiger partial charge in [-0.2, -0.15) is 0 Å². The summed E-state index contributed by atoms with van der Waals surface area (Å²) in [4.78, 5) is 25.3. The molecule has 5 atom stereocenters. The van der Waals surface area contributed by atoms with Crippen molar-refractivity contribution in [3.63, 3.8) is 0 Å². The van der Waals surface area contributed by atoms with Crippen LogP contribution in [0.4, 0.5) is 0 Å². The van der Waals surface area contributed by atoms with Crippen LogP contribution in [0.2, 0.25) is 0 Å². The number of hydrogen-bond donors (Lipinski definition) is 0.